The van der Waals surface area contributed by atoms with Crippen LogP contribution in [0, 0.1) is 12.8 Å². The van der Waals surface area contributed by atoms with Crippen LogP contribution >= 0.6 is 0 Å². The minimum absolute atomic E-state index is 0.148. The fourth-order valence-corrected chi connectivity index (χ4v) is 4.57. The molecule has 2 fully saturated rings. The highest BCUT2D eigenvalue weighted by molar-refractivity contribution is 5.91. The number of piperazine rings is 1. The topological polar surface area (TPSA) is 78.2 Å². The van der Waals surface area contributed by atoms with Crippen molar-refractivity contribution in [3.8, 4) is 0 Å². The average Bonchev–Trinajstić information content (AvgIpc) is 3.16. The van der Waals surface area contributed by atoms with E-state index in [0.29, 0.717) is 5.92 Å². The quantitative estimate of drug-likeness (QED) is 0.886. The number of fused-ring (bicyclic) bond motifs is 1. The molecule has 140 valence electrons. The van der Waals surface area contributed by atoms with Crippen molar-refractivity contribution in [3.63, 3.8) is 0 Å². The molecule has 0 spiro atoms. The number of nitrogens with one attached hydrogen (secondary N) is 1. The van der Waals surface area contributed by atoms with Gasteiger partial charge in [-0.25, -0.2) is 4.98 Å². The molecule has 4 rings (SSSR count). The van der Waals surface area contributed by atoms with Crippen LogP contribution in [0.5, 0.6) is 0 Å². The number of aromatic nitrogens is 2. The SMILES string of the molecule is Cc1cnc2[nH]ccc2c1N1CCN(C(=O)[C@H](N)C2CCCCC2)CC1. The fraction of sp³-hybridized carbons (Fsp3) is 0.600. The Morgan fingerprint density at radius 2 is 1.96 bits per heavy atom. The molecule has 2 aromatic rings. The van der Waals surface area contributed by atoms with E-state index in [-0.39, 0.29) is 11.9 Å². The smallest absolute Gasteiger partial charge is 0.239 e. The summed E-state index contributed by atoms with van der Waals surface area (Å²) in [6.45, 7) is 5.27. The molecular weight excluding hydrogens is 326 g/mol. The Morgan fingerprint density at radius 1 is 1.23 bits per heavy atom. The van der Waals surface area contributed by atoms with E-state index >= 15 is 0 Å². The number of rotatable bonds is 3. The third kappa shape index (κ3) is 3.18. The summed E-state index contributed by atoms with van der Waals surface area (Å²) in [5, 5.41) is 1.16. The molecule has 1 aliphatic carbocycles. The maximum Gasteiger partial charge on any atom is 0.239 e. The van der Waals surface area contributed by atoms with E-state index in [4.69, 9.17) is 5.73 Å². The third-order valence-electron chi connectivity index (χ3n) is 6.09. The fourth-order valence-electron chi connectivity index (χ4n) is 4.57. The van der Waals surface area contributed by atoms with Crippen molar-refractivity contribution in [2.24, 2.45) is 11.7 Å². The van der Waals surface area contributed by atoms with Crippen molar-refractivity contribution in [2.45, 2.75) is 45.1 Å². The number of nitrogens with two attached hydrogens (primary N) is 1. The van der Waals surface area contributed by atoms with Gasteiger partial charge >= 0.3 is 0 Å². The molecule has 3 heterocycles. The number of carbonyl (C=O) groups excluding carboxylic acids is 1. The van der Waals surface area contributed by atoms with Gasteiger partial charge in [-0.2, -0.15) is 0 Å². The van der Waals surface area contributed by atoms with E-state index in [1.54, 1.807) is 0 Å². The van der Waals surface area contributed by atoms with Gasteiger partial charge in [-0.1, -0.05) is 19.3 Å². The first-order valence-electron chi connectivity index (χ1n) is 9.87. The van der Waals surface area contributed by atoms with Gasteiger partial charge in [0.05, 0.1) is 11.7 Å². The molecule has 0 unspecified atom stereocenters. The predicted molar refractivity (Wildman–Crippen MR) is 104 cm³/mol. The highest BCUT2D eigenvalue weighted by Gasteiger charge is 2.31. The minimum Gasteiger partial charge on any atom is -0.367 e. The second-order valence-electron chi connectivity index (χ2n) is 7.77. The number of aromatic amines is 1. The number of hydrogen-bond acceptors (Lipinski definition) is 4. The number of nitrogens with zero attached hydrogens (tertiary/aromatic N) is 3. The van der Waals surface area contributed by atoms with Gasteiger partial charge in [0.1, 0.15) is 5.65 Å². The molecule has 6 nitrogen and oxygen atoms in total. The zero-order valence-electron chi connectivity index (χ0n) is 15.6. The van der Waals surface area contributed by atoms with E-state index in [1.807, 2.05) is 17.3 Å². The Balaban J connectivity index is 1.43. The molecule has 1 saturated heterocycles. The highest BCUT2D eigenvalue weighted by Crippen LogP contribution is 2.30. The monoisotopic (exact) mass is 355 g/mol. The maximum atomic E-state index is 12.8. The Labute approximate surface area is 154 Å². The van der Waals surface area contributed by atoms with Crippen LogP contribution in [0.25, 0.3) is 11.0 Å². The number of carbonyl (C=O) groups is 1. The molecular formula is C20H29N5O. The molecule has 1 aliphatic heterocycles. The number of amides is 1. The predicted octanol–water partition coefficient (Wildman–Crippen LogP) is 2.43. The Hall–Kier alpha value is -2.08. The summed E-state index contributed by atoms with van der Waals surface area (Å²) in [6.07, 6.45) is 9.78. The zero-order chi connectivity index (χ0) is 18.1. The zero-order valence-corrected chi connectivity index (χ0v) is 15.6. The van der Waals surface area contributed by atoms with Crippen LogP contribution in [-0.4, -0.2) is 53.0 Å². The lowest BCUT2D eigenvalue weighted by Crippen LogP contribution is -2.55. The summed E-state index contributed by atoms with van der Waals surface area (Å²) >= 11 is 0. The molecule has 2 aliphatic rings. The minimum atomic E-state index is -0.319. The molecule has 1 amide bonds. The van der Waals surface area contributed by atoms with E-state index in [0.717, 1.165) is 50.1 Å². The van der Waals surface area contributed by atoms with Crippen LogP contribution in [0.4, 0.5) is 5.69 Å². The first-order chi connectivity index (χ1) is 12.6. The molecule has 6 heteroatoms. The number of hydrogen-bond donors (Lipinski definition) is 2. The van der Waals surface area contributed by atoms with Crippen LogP contribution < -0.4 is 10.6 Å². The first kappa shape index (κ1) is 17.3. The first-order valence-corrected chi connectivity index (χ1v) is 9.87. The standard InChI is InChI=1S/C20H29N5O/c1-14-13-23-19-16(7-8-22-19)18(14)24-9-11-25(12-10-24)20(26)17(21)15-5-3-2-4-6-15/h7-8,13,15,17H,2-6,9-12,21H2,1H3,(H,22,23)/t17-/m1/s1. The molecule has 0 bridgehead atoms. The Morgan fingerprint density at radius 3 is 2.69 bits per heavy atom. The van der Waals surface area contributed by atoms with Crippen LogP contribution in [0.1, 0.15) is 37.7 Å². The van der Waals surface area contributed by atoms with Crippen LogP contribution in [0.3, 0.4) is 0 Å². The van der Waals surface area contributed by atoms with Gasteiger partial charge < -0.3 is 20.5 Å². The van der Waals surface area contributed by atoms with Crippen LogP contribution in [-0.2, 0) is 4.79 Å². The summed E-state index contributed by atoms with van der Waals surface area (Å²) in [7, 11) is 0. The van der Waals surface area contributed by atoms with Crippen molar-refractivity contribution >= 4 is 22.6 Å². The Kier molecular flexibility index (Phi) is 4.85. The van der Waals surface area contributed by atoms with Crippen molar-refractivity contribution < 1.29 is 4.79 Å². The lowest BCUT2D eigenvalue weighted by Gasteiger charge is -2.39. The van der Waals surface area contributed by atoms with Crippen LogP contribution in [0.2, 0.25) is 0 Å². The average molecular weight is 355 g/mol. The van der Waals surface area contributed by atoms with Gasteiger partial charge in [-0.3, -0.25) is 4.79 Å². The number of aryl methyl sites for hydroxylation is 1. The van der Waals surface area contributed by atoms with Crippen LogP contribution in [0.15, 0.2) is 18.5 Å². The highest BCUT2D eigenvalue weighted by atomic mass is 16.2. The van der Waals surface area contributed by atoms with Gasteiger partial charge in [-0.05, 0) is 37.3 Å². The van der Waals surface area contributed by atoms with Gasteiger partial charge in [0.2, 0.25) is 5.91 Å². The number of pyridine rings is 1. The lowest BCUT2D eigenvalue weighted by molar-refractivity contribution is -0.134. The van der Waals surface area contributed by atoms with Crippen molar-refractivity contribution in [3.05, 3.63) is 24.0 Å². The Bertz CT molecular complexity index is 772. The molecule has 2 aromatic heterocycles. The second-order valence-corrected chi connectivity index (χ2v) is 7.77. The lowest BCUT2D eigenvalue weighted by atomic mass is 9.83. The second kappa shape index (κ2) is 7.27. The van der Waals surface area contributed by atoms with E-state index < -0.39 is 0 Å². The normalized spacial score (nSPS) is 20.5. The molecule has 1 atom stereocenters. The summed E-state index contributed by atoms with van der Waals surface area (Å²) in [5.41, 5.74) is 9.67. The van der Waals surface area contributed by atoms with Crippen molar-refractivity contribution in [1.29, 1.82) is 0 Å². The summed E-state index contributed by atoms with van der Waals surface area (Å²) in [4.78, 5) is 24.8. The third-order valence-corrected chi connectivity index (χ3v) is 6.09. The molecule has 0 radical (unpaired) electrons. The summed E-state index contributed by atoms with van der Waals surface area (Å²) in [6, 6.07) is 1.77. The molecule has 1 saturated carbocycles. The van der Waals surface area contributed by atoms with E-state index in [9.17, 15) is 4.79 Å². The molecule has 26 heavy (non-hydrogen) atoms. The van der Waals surface area contributed by atoms with Crippen molar-refractivity contribution in [1.82, 2.24) is 14.9 Å². The van der Waals surface area contributed by atoms with Gasteiger partial charge in [-0.15, -0.1) is 0 Å². The van der Waals surface area contributed by atoms with Crippen molar-refractivity contribution in [2.75, 3.05) is 31.1 Å². The summed E-state index contributed by atoms with van der Waals surface area (Å²) < 4.78 is 0. The largest absolute Gasteiger partial charge is 0.367 e. The molecule has 0 aromatic carbocycles. The number of anilines is 1. The van der Waals surface area contributed by atoms with Gasteiger partial charge in [0, 0.05) is 44.0 Å². The van der Waals surface area contributed by atoms with Gasteiger partial charge in [0.15, 0.2) is 0 Å². The maximum absolute atomic E-state index is 12.8. The van der Waals surface area contributed by atoms with E-state index in [1.165, 1.54) is 30.5 Å². The van der Waals surface area contributed by atoms with E-state index in [2.05, 4.69) is 27.9 Å². The molecule has 3 N–H and O–H groups in total. The summed E-state index contributed by atoms with van der Waals surface area (Å²) in [5.74, 6) is 0.519. The number of H-pyrrole nitrogens is 1. The van der Waals surface area contributed by atoms with Gasteiger partial charge in [0.25, 0.3) is 0 Å².